The minimum Gasteiger partial charge on any atom is -0.413 e. The fourth-order valence-electron chi connectivity index (χ4n) is 4.54. The van der Waals surface area contributed by atoms with Crippen LogP contribution in [-0.4, -0.2) is 34.6 Å². The van der Waals surface area contributed by atoms with Crippen molar-refractivity contribution in [1.82, 2.24) is 0 Å². The SMILES string of the molecule is CCCCCC(/C=C/[C@H]1[C@@H]2CC(=O)[C@@H]2C[C@@H]1O[Si](C)(C)C(C)(C)C)O[Si](C)(C)C(C)(C)C. The molecule has 5 heteroatoms. The maximum Gasteiger partial charge on any atom is 0.192 e. The van der Waals surface area contributed by atoms with Crippen molar-refractivity contribution in [3.63, 3.8) is 0 Å². The molecule has 0 aromatic rings. The lowest BCUT2D eigenvalue weighted by Crippen LogP contribution is -2.45. The van der Waals surface area contributed by atoms with E-state index in [0.717, 1.165) is 19.3 Å². The van der Waals surface area contributed by atoms with Crippen LogP contribution in [0.25, 0.3) is 0 Å². The largest absolute Gasteiger partial charge is 0.413 e. The highest BCUT2D eigenvalue weighted by molar-refractivity contribution is 6.74. The maximum absolute atomic E-state index is 12.3. The van der Waals surface area contributed by atoms with Gasteiger partial charge in [-0.25, -0.2) is 0 Å². The van der Waals surface area contributed by atoms with Crippen LogP contribution in [0.15, 0.2) is 12.2 Å². The van der Waals surface area contributed by atoms with Gasteiger partial charge in [-0.1, -0.05) is 79.9 Å². The number of fused-ring (bicyclic) bond motifs is 1. The molecule has 0 aromatic carbocycles. The molecule has 0 spiro atoms. The van der Waals surface area contributed by atoms with Crippen molar-refractivity contribution in [2.45, 2.75) is 135 Å². The van der Waals surface area contributed by atoms with Crippen LogP contribution in [0.2, 0.25) is 36.3 Å². The second kappa shape index (κ2) is 10.2. The summed E-state index contributed by atoms with van der Waals surface area (Å²) in [4.78, 5) is 12.3. The van der Waals surface area contributed by atoms with Crippen LogP contribution < -0.4 is 0 Å². The summed E-state index contributed by atoms with van der Waals surface area (Å²) in [6.45, 7) is 25.5. The molecule has 0 aromatic heterocycles. The molecular weight excluding hydrogens is 428 g/mol. The predicted molar refractivity (Wildman–Crippen MR) is 142 cm³/mol. The number of unbranched alkanes of at least 4 members (excludes halogenated alkanes) is 2. The summed E-state index contributed by atoms with van der Waals surface area (Å²) in [5.41, 5.74) is 0. The molecule has 0 N–H and O–H groups in total. The summed E-state index contributed by atoms with van der Waals surface area (Å²) in [5.74, 6) is 1.49. The van der Waals surface area contributed by atoms with E-state index in [1.165, 1.54) is 19.3 Å². The number of carbonyl (C=O) groups excluding carboxylic acids is 1. The van der Waals surface area contributed by atoms with Crippen LogP contribution in [0.5, 0.6) is 0 Å². The minimum absolute atomic E-state index is 0.172. The van der Waals surface area contributed by atoms with E-state index in [1.807, 2.05) is 0 Å². The number of rotatable bonds is 10. The van der Waals surface area contributed by atoms with Gasteiger partial charge in [-0.2, -0.15) is 0 Å². The lowest BCUT2D eigenvalue weighted by Gasteiger charge is -2.40. The van der Waals surface area contributed by atoms with E-state index < -0.39 is 16.6 Å². The van der Waals surface area contributed by atoms with Gasteiger partial charge >= 0.3 is 0 Å². The Labute approximate surface area is 201 Å². The Kier molecular flexibility index (Phi) is 8.90. The molecule has 0 radical (unpaired) electrons. The van der Waals surface area contributed by atoms with Crippen LogP contribution in [0, 0.1) is 17.8 Å². The van der Waals surface area contributed by atoms with Gasteiger partial charge in [0.05, 0.1) is 12.2 Å². The molecule has 0 aliphatic heterocycles. The lowest BCUT2D eigenvalue weighted by molar-refractivity contribution is -0.133. The van der Waals surface area contributed by atoms with Crippen molar-refractivity contribution in [3.8, 4) is 0 Å². The van der Waals surface area contributed by atoms with Crippen molar-refractivity contribution >= 4 is 22.4 Å². The van der Waals surface area contributed by atoms with Crippen molar-refractivity contribution in [3.05, 3.63) is 12.2 Å². The normalized spacial score (nSPS) is 28.2. The van der Waals surface area contributed by atoms with Crippen molar-refractivity contribution in [2.24, 2.45) is 17.8 Å². The summed E-state index contributed by atoms with van der Waals surface area (Å²) < 4.78 is 13.7. The number of carbonyl (C=O) groups is 1. The summed E-state index contributed by atoms with van der Waals surface area (Å²) >= 11 is 0. The molecular formula is C27H52O3Si2. The molecule has 5 atom stereocenters. The first kappa shape index (κ1) is 28.0. The van der Waals surface area contributed by atoms with Gasteiger partial charge in [-0.3, -0.25) is 4.79 Å². The van der Waals surface area contributed by atoms with E-state index in [4.69, 9.17) is 8.85 Å². The predicted octanol–water partition coefficient (Wildman–Crippen LogP) is 8.13. The Morgan fingerprint density at radius 3 is 2.09 bits per heavy atom. The summed E-state index contributed by atoms with van der Waals surface area (Å²) in [5, 5.41) is 0.387. The topological polar surface area (TPSA) is 35.5 Å². The molecule has 2 fully saturated rings. The second-order valence-corrected chi connectivity index (χ2v) is 23.0. The lowest BCUT2D eigenvalue weighted by atomic mass is 9.71. The van der Waals surface area contributed by atoms with Gasteiger partial charge in [0.25, 0.3) is 0 Å². The van der Waals surface area contributed by atoms with Gasteiger partial charge in [-0.05, 0) is 55.0 Å². The number of hydrogen-bond donors (Lipinski definition) is 0. The molecule has 32 heavy (non-hydrogen) atoms. The van der Waals surface area contributed by atoms with Crippen LogP contribution >= 0.6 is 0 Å². The molecule has 2 aliphatic carbocycles. The van der Waals surface area contributed by atoms with E-state index in [1.54, 1.807) is 0 Å². The molecule has 0 amide bonds. The van der Waals surface area contributed by atoms with Crippen LogP contribution in [0.4, 0.5) is 0 Å². The summed E-state index contributed by atoms with van der Waals surface area (Å²) in [7, 11) is -3.72. The van der Waals surface area contributed by atoms with Gasteiger partial charge < -0.3 is 8.85 Å². The van der Waals surface area contributed by atoms with Crippen molar-refractivity contribution in [1.29, 1.82) is 0 Å². The van der Waals surface area contributed by atoms with Crippen LogP contribution in [-0.2, 0) is 13.6 Å². The molecule has 1 unspecified atom stereocenters. The quantitative estimate of drug-likeness (QED) is 0.180. The fraction of sp³-hybridized carbons (Fsp3) is 0.889. The first-order valence-electron chi connectivity index (χ1n) is 13.1. The van der Waals surface area contributed by atoms with E-state index in [0.29, 0.717) is 17.6 Å². The van der Waals surface area contributed by atoms with Gasteiger partial charge in [0.1, 0.15) is 5.78 Å². The number of Topliss-reactive ketones (excluding diaryl/α,β-unsaturated/α-hetero) is 1. The zero-order valence-electron chi connectivity index (χ0n) is 23.0. The third-order valence-corrected chi connectivity index (χ3v) is 17.9. The van der Waals surface area contributed by atoms with Crippen LogP contribution in [0.3, 0.4) is 0 Å². The Morgan fingerprint density at radius 2 is 1.59 bits per heavy atom. The average Bonchev–Trinajstić information content (AvgIpc) is 2.89. The molecule has 2 rings (SSSR count). The fourth-order valence-corrected chi connectivity index (χ4v) is 7.21. The van der Waals surface area contributed by atoms with E-state index >= 15 is 0 Å². The maximum atomic E-state index is 12.3. The van der Waals surface area contributed by atoms with Gasteiger partial charge in [0.2, 0.25) is 0 Å². The van der Waals surface area contributed by atoms with E-state index in [9.17, 15) is 4.79 Å². The second-order valence-electron chi connectivity index (χ2n) is 13.5. The Morgan fingerprint density at radius 1 is 1.00 bits per heavy atom. The molecule has 0 saturated heterocycles. The Bertz CT molecular complexity index is 669. The van der Waals surface area contributed by atoms with Crippen LogP contribution in [0.1, 0.15) is 87.0 Å². The third kappa shape index (κ3) is 6.46. The summed E-state index contributed by atoms with van der Waals surface area (Å²) in [6.07, 6.45) is 11.5. The highest BCUT2D eigenvalue weighted by atomic mass is 28.4. The van der Waals surface area contributed by atoms with E-state index in [2.05, 4.69) is 86.8 Å². The third-order valence-electron chi connectivity index (χ3n) is 8.92. The van der Waals surface area contributed by atoms with Crippen molar-refractivity contribution < 1.29 is 13.6 Å². The monoisotopic (exact) mass is 480 g/mol. The molecule has 0 heterocycles. The first-order chi connectivity index (χ1) is 14.5. The number of ketones is 1. The standard InChI is InChI=1S/C27H52O3Si2/c1-12-13-14-15-20(29-31(8,9)26(2,3)4)16-17-21-22-18-24(28)23(22)19-25(21)30-32(10,11)27(5,6)7/h16-17,20-23,25H,12-15,18-19H2,1-11H3/b17-16+/t20?,21-,22-,23+,25-/m0/s1. The zero-order valence-corrected chi connectivity index (χ0v) is 25.0. The summed E-state index contributed by atoms with van der Waals surface area (Å²) in [6, 6.07) is 0. The van der Waals surface area contributed by atoms with Gasteiger partial charge in [0, 0.05) is 18.3 Å². The first-order valence-corrected chi connectivity index (χ1v) is 18.9. The van der Waals surface area contributed by atoms with E-state index in [-0.39, 0.29) is 28.2 Å². The molecule has 2 aliphatic rings. The molecule has 186 valence electrons. The zero-order chi connectivity index (χ0) is 24.5. The highest BCUT2D eigenvalue weighted by Crippen LogP contribution is 2.52. The highest BCUT2D eigenvalue weighted by Gasteiger charge is 2.54. The van der Waals surface area contributed by atoms with Gasteiger partial charge in [0.15, 0.2) is 16.6 Å². The average molecular weight is 481 g/mol. The Hall–Kier alpha value is -0.236. The van der Waals surface area contributed by atoms with Gasteiger partial charge in [-0.15, -0.1) is 0 Å². The minimum atomic E-state index is -1.88. The molecule has 3 nitrogen and oxygen atoms in total. The number of hydrogen-bond acceptors (Lipinski definition) is 3. The molecule has 2 saturated carbocycles. The molecule has 0 bridgehead atoms. The smallest absolute Gasteiger partial charge is 0.192 e. The van der Waals surface area contributed by atoms with Crippen molar-refractivity contribution in [2.75, 3.05) is 0 Å². The Balaban J connectivity index is 2.21.